The minimum atomic E-state index is -0.998. The van der Waals surface area contributed by atoms with Crippen LogP contribution in [0.3, 0.4) is 0 Å². The first-order valence-electron chi connectivity index (χ1n) is 8.48. The number of carbonyl (C=O) groups is 3. The highest BCUT2D eigenvalue weighted by Crippen LogP contribution is 2.27. The van der Waals surface area contributed by atoms with Gasteiger partial charge in [-0.05, 0) is 48.7 Å². The first-order chi connectivity index (χ1) is 12.5. The number of aromatic carboxylic acids is 1. The number of benzene rings is 2. The van der Waals surface area contributed by atoms with Gasteiger partial charge in [-0.2, -0.15) is 0 Å². The number of hydrogen-bond acceptors (Lipinski definition) is 3. The highest BCUT2D eigenvalue weighted by Gasteiger charge is 2.24. The van der Waals surface area contributed by atoms with Crippen LogP contribution in [0, 0.1) is 6.92 Å². The molecule has 2 amide bonds. The van der Waals surface area contributed by atoms with Crippen LogP contribution in [-0.2, 0) is 16.0 Å². The molecule has 2 N–H and O–H groups in total. The lowest BCUT2D eigenvalue weighted by Gasteiger charge is -2.29. The average Bonchev–Trinajstić information content (AvgIpc) is 2.60. The van der Waals surface area contributed by atoms with E-state index in [1.807, 2.05) is 24.3 Å². The third-order valence-electron chi connectivity index (χ3n) is 4.49. The monoisotopic (exact) mass is 352 g/mol. The molecule has 0 bridgehead atoms. The van der Waals surface area contributed by atoms with E-state index in [9.17, 15) is 14.4 Å². The Kier molecular flexibility index (Phi) is 5.02. The van der Waals surface area contributed by atoms with Crippen molar-refractivity contribution >= 4 is 29.2 Å². The first kappa shape index (κ1) is 17.7. The van der Waals surface area contributed by atoms with E-state index < -0.39 is 5.97 Å². The van der Waals surface area contributed by atoms with Gasteiger partial charge in [-0.1, -0.05) is 18.2 Å². The number of aryl methyl sites for hydroxylation is 2. The van der Waals surface area contributed by atoms with Crippen molar-refractivity contribution in [2.45, 2.75) is 26.2 Å². The standard InChI is InChI=1S/C20H20N2O4/c1-13-12-15(7-8-16(13)20(25)26)21-18(23)10-11-22-17-5-3-2-4-14(17)6-9-19(22)24/h2-5,7-8,12H,6,9-11H2,1H3,(H,21,23)(H,25,26). The Bertz CT molecular complexity index is 876. The van der Waals surface area contributed by atoms with E-state index in [1.54, 1.807) is 24.0 Å². The summed E-state index contributed by atoms with van der Waals surface area (Å²) in [5.74, 6) is -1.19. The number of carbonyl (C=O) groups excluding carboxylic acids is 2. The van der Waals surface area contributed by atoms with Gasteiger partial charge >= 0.3 is 5.97 Å². The van der Waals surface area contributed by atoms with E-state index in [4.69, 9.17) is 5.11 Å². The molecule has 1 heterocycles. The van der Waals surface area contributed by atoms with Gasteiger partial charge < -0.3 is 15.3 Å². The molecule has 0 saturated carbocycles. The van der Waals surface area contributed by atoms with E-state index in [0.29, 0.717) is 24.2 Å². The number of carboxylic acid groups (broad SMARTS) is 1. The molecule has 0 atom stereocenters. The summed E-state index contributed by atoms with van der Waals surface area (Å²) in [5.41, 5.74) is 3.32. The van der Waals surface area contributed by atoms with Gasteiger partial charge in [-0.15, -0.1) is 0 Å². The van der Waals surface area contributed by atoms with E-state index in [1.165, 1.54) is 6.07 Å². The highest BCUT2D eigenvalue weighted by atomic mass is 16.4. The maximum atomic E-state index is 12.2. The normalized spacial score (nSPS) is 13.3. The second-order valence-electron chi connectivity index (χ2n) is 6.31. The summed E-state index contributed by atoms with van der Waals surface area (Å²) in [7, 11) is 0. The maximum Gasteiger partial charge on any atom is 0.335 e. The van der Waals surface area contributed by atoms with Gasteiger partial charge in [-0.25, -0.2) is 4.79 Å². The second kappa shape index (κ2) is 7.39. The third-order valence-corrected chi connectivity index (χ3v) is 4.49. The van der Waals surface area contributed by atoms with Gasteiger partial charge in [0.25, 0.3) is 0 Å². The van der Waals surface area contributed by atoms with Crippen molar-refractivity contribution < 1.29 is 19.5 Å². The highest BCUT2D eigenvalue weighted by molar-refractivity contribution is 5.98. The lowest BCUT2D eigenvalue weighted by atomic mass is 10.0. The molecule has 0 fully saturated rings. The van der Waals surface area contributed by atoms with Crippen molar-refractivity contribution in [3.8, 4) is 0 Å². The van der Waals surface area contributed by atoms with Gasteiger partial charge in [-0.3, -0.25) is 9.59 Å². The smallest absolute Gasteiger partial charge is 0.335 e. The molecule has 0 saturated heterocycles. The van der Waals surface area contributed by atoms with Crippen LogP contribution in [0.25, 0.3) is 0 Å². The van der Waals surface area contributed by atoms with Crippen LogP contribution in [0.15, 0.2) is 42.5 Å². The number of nitrogens with one attached hydrogen (secondary N) is 1. The Morgan fingerprint density at radius 1 is 1.15 bits per heavy atom. The number of hydrogen-bond donors (Lipinski definition) is 2. The van der Waals surface area contributed by atoms with Crippen LogP contribution in [0.5, 0.6) is 0 Å². The Morgan fingerprint density at radius 3 is 2.65 bits per heavy atom. The molecule has 26 heavy (non-hydrogen) atoms. The van der Waals surface area contributed by atoms with Crippen molar-refractivity contribution in [3.05, 3.63) is 59.2 Å². The van der Waals surface area contributed by atoms with Crippen molar-refractivity contribution in [3.63, 3.8) is 0 Å². The van der Waals surface area contributed by atoms with Crippen LogP contribution in [-0.4, -0.2) is 29.4 Å². The fraction of sp³-hybridized carbons (Fsp3) is 0.250. The molecule has 3 rings (SSSR count). The Morgan fingerprint density at radius 2 is 1.92 bits per heavy atom. The van der Waals surface area contributed by atoms with Crippen molar-refractivity contribution in [2.75, 3.05) is 16.8 Å². The molecular weight excluding hydrogens is 332 g/mol. The van der Waals surface area contributed by atoms with Gasteiger partial charge in [0.2, 0.25) is 11.8 Å². The number of anilines is 2. The molecule has 6 nitrogen and oxygen atoms in total. The van der Waals surface area contributed by atoms with E-state index >= 15 is 0 Å². The molecule has 1 aliphatic rings. The zero-order valence-corrected chi connectivity index (χ0v) is 14.5. The maximum absolute atomic E-state index is 12.2. The molecule has 1 aliphatic heterocycles. The summed E-state index contributed by atoms with van der Waals surface area (Å²) >= 11 is 0. The molecule has 134 valence electrons. The lowest BCUT2D eigenvalue weighted by molar-refractivity contribution is -0.119. The molecule has 6 heteroatoms. The average molecular weight is 352 g/mol. The lowest BCUT2D eigenvalue weighted by Crippen LogP contribution is -2.37. The Hall–Kier alpha value is -3.15. The first-order valence-corrected chi connectivity index (χ1v) is 8.48. The molecule has 2 aromatic rings. The van der Waals surface area contributed by atoms with Crippen molar-refractivity contribution in [1.82, 2.24) is 0 Å². The fourth-order valence-corrected chi connectivity index (χ4v) is 3.16. The summed E-state index contributed by atoms with van der Waals surface area (Å²) in [6, 6.07) is 12.4. The van der Waals surface area contributed by atoms with Crippen molar-refractivity contribution in [2.24, 2.45) is 0 Å². The minimum Gasteiger partial charge on any atom is -0.478 e. The number of fused-ring (bicyclic) bond motifs is 1. The molecule has 0 aliphatic carbocycles. The van der Waals surface area contributed by atoms with E-state index in [-0.39, 0.29) is 23.8 Å². The van der Waals surface area contributed by atoms with Crippen LogP contribution >= 0.6 is 0 Å². The predicted octanol–water partition coefficient (Wildman–Crippen LogP) is 3.00. The van der Waals surface area contributed by atoms with Gasteiger partial charge in [0.15, 0.2) is 0 Å². The molecule has 0 spiro atoms. The number of para-hydroxylation sites is 1. The van der Waals surface area contributed by atoms with E-state index in [0.717, 1.165) is 17.7 Å². The number of amides is 2. The summed E-state index contributed by atoms with van der Waals surface area (Å²) in [4.78, 5) is 37.2. The fourth-order valence-electron chi connectivity index (χ4n) is 3.16. The number of rotatable bonds is 5. The van der Waals surface area contributed by atoms with Gasteiger partial charge in [0.1, 0.15) is 0 Å². The molecule has 0 radical (unpaired) electrons. The Balaban J connectivity index is 1.64. The summed E-state index contributed by atoms with van der Waals surface area (Å²) in [5, 5.41) is 11.8. The quantitative estimate of drug-likeness (QED) is 0.866. The minimum absolute atomic E-state index is 0.0261. The predicted molar refractivity (Wildman–Crippen MR) is 98.5 cm³/mol. The van der Waals surface area contributed by atoms with Gasteiger partial charge in [0.05, 0.1) is 5.56 Å². The van der Waals surface area contributed by atoms with Crippen LogP contribution in [0.1, 0.15) is 34.3 Å². The molecule has 0 unspecified atom stereocenters. The SMILES string of the molecule is Cc1cc(NC(=O)CCN2C(=O)CCc3ccccc32)ccc1C(=O)O. The van der Waals surface area contributed by atoms with Crippen LogP contribution in [0.4, 0.5) is 11.4 Å². The summed E-state index contributed by atoms with van der Waals surface area (Å²) in [6.45, 7) is 2.00. The van der Waals surface area contributed by atoms with Crippen molar-refractivity contribution in [1.29, 1.82) is 0 Å². The largest absolute Gasteiger partial charge is 0.478 e. The summed E-state index contributed by atoms with van der Waals surface area (Å²) < 4.78 is 0. The molecule has 0 aromatic heterocycles. The zero-order valence-electron chi connectivity index (χ0n) is 14.5. The number of carboxylic acids is 1. The topological polar surface area (TPSA) is 86.7 Å². The Labute approximate surface area is 151 Å². The second-order valence-corrected chi connectivity index (χ2v) is 6.31. The summed E-state index contributed by atoms with van der Waals surface area (Å²) in [6.07, 6.45) is 1.35. The number of nitrogens with zero attached hydrogens (tertiary/aromatic N) is 1. The zero-order chi connectivity index (χ0) is 18.7. The molecular formula is C20H20N2O4. The molecule has 2 aromatic carbocycles. The van der Waals surface area contributed by atoms with E-state index in [2.05, 4.69) is 5.32 Å². The van der Waals surface area contributed by atoms with Crippen LogP contribution in [0.2, 0.25) is 0 Å². The van der Waals surface area contributed by atoms with Crippen LogP contribution < -0.4 is 10.2 Å². The third kappa shape index (κ3) is 3.74. The van der Waals surface area contributed by atoms with Gasteiger partial charge in [0, 0.05) is 30.8 Å².